The van der Waals surface area contributed by atoms with E-state index in [-0.39, 0.29) is 0 Å². The summed E-state index contributed by atoms with van der Waals surface area (Å²) in [5, 5.41) is 10.9. The Kier molecular flexibility index (Phi) is 2.34. The standard InChI is InChI=1S/C11H13O2P/c1-9-11(12)7-8-14(9,13)10-5-3-2-4-6-10/h2-6,11-12H,1,7-8H2/t11?,14-/m0/s1. The predicted octanol–water partition coefficient (Wildman–Crippen LogP) is 1.95. The first-order chi connectivity index (χ1) is 6.64. The molecule has 0 amide bonds. The van der Waals surface area contributed by atoms with Gasteiger partial charge in [-0.25, -0.2) is 0 Å². The molecule has 2 atom stereocenters. The second-order valence-corrected chi connectivity index (χ2v) is 6.61. The summed E-state index contributed by atoms with van der Waals surface area (Å²) >= 11 is 0. The first-order valence-electron chi connectivity index (χ1n) is 4.67. The molecule has 14 heavy (non-hydrogen) atoms. The molecule has 1 aliphatic heterocycles. The monoisotopic (exact) mass is 208 g/mol. The lowest BCUT2D eigenvalue weighted by molar-refractivity contribution is 0.222. The zero-order valence-electron chi connectivity index (χ0n) is 7.89. The maximum absolute atomic E-state index is 12.5. The van der Waals surface area contributed by atoms with Crippen molar-refractivity contribution in [3.05, 3.63) is 42.2 Å². The van der Waals surface area contributed by atoms with Crippen molar-refractivity contribution in [1.29, 1.82) is 0 Å². The fourth-order valence-electron chi connectivity index (χ4n) is 1.82. The summed E-state index contributed by atoms with van der Waals surface area (Å²) in [5.41, 5.74) is 0. The second-order valence-electron chi connectivity index (χ2n) is 3.59. The van der Waals surface area contributed by atoms with Gasteiger partial charge in [0.25, 0.3) is 0 Å². The van der Waals surface area contributed by atoms with E-state index in [0.29, 0.717) is 17.9 Å². The van der Waals surface area contributed by atoms with Crippen molar-refractivity contribution in [3.8, 4) is 0 Å². The van der Waals surface area contributed by atoms with Crippen LogP contribution in [0.2, 0.25) is 0 Å². The van der Waals surface area contributed by atoms with Crippen molar-refractivity contribution < 1.29 is 9.67 Å². The maximum atomic E-state index is 12.5. The van der Waals surface area contributed by atoms with Crippen molar-refractivity contribution in [1.82, 2.24) is 0 Å². The van der Waals surface area contributed by atoms with Crippen LogP contribution < -0.4 is 5.30 Å². The summed E-state index contributed by atoms with van der Waals surface area (Å²) in [5.74, 6) is 0. The first-order valence-corrected chi connectivity index (χ1v) is 6.56. The highest BCUT2D eigenvalue weighted by Gasteiger charge is 2.38. The van der Waals surface area contributed by atoms with Gasteiger partial charge in [-0.05, 0) is 6.42 Å². The van der Waals surface area contributed by atoms with E-state index in [1.165, 1.54) is 0 Å². The molecule has 74 valence electrons. The molecule has 2 nitrogen and oxygen atoms in total. The molecule has 0 aliphatic carbocycles. The molecule has 1 aliphatic rings. The molecule has 0 spiro atoms. The predicted molar refractivity (Wildman–Crippen MR) is 58.3 cm³/mol. The van der Waals surface area contributed by atoms with E-state index in [2.05, 4.69) is 6.58 Å². The normalized spacial score (nSPS) is 32.1. The van der Waals surface area contributed by atoms with Gasteiger partial charge in [-0.1, -0.05) is 36.9 Å². The van der Waals surface area contributed by atoms with Crippen LogP contribution in [0.25, 0.3) is 0 Å². The molecule has 1 unspecified atom stereocenters. The molecule has 0 radical (unpaired) electrons. The van der Waals surface area contributed by atoms with E-state index in [0.717, 1.165) is 5.30 Å². The van der Waals surface area contributed by atoms with Crippen LogP contribution in [0.4, 0.5) is 0 Å². The average Bonchev–Trinajstić information content (AvgIpc) is 2.49. The van der Waals surface area contributed by atoms with Gasteiger partial charge < -0.3 is 9.67 Å². The molecule has 0 bridgehead atoms. The lowest BCUT2D eigenvalue weighted by Crippen LogP contribution is -2.06. The van der Waals surface area contributed by atoms with Gasteiger partial charge in [-0.15, -0.1) is 0 Å². The van der Waals surface area contributed by atoms with Crippen LogP contribution in [0, 0.1) is 0 Å². The van der Waals surface area contributed by atoms with Crippen LogP contribution in [0.15, 0.2) is 42.2 Å². The molecule has 1 aromatic carbocycles. The Morgan fingerprint density at radius 3 is 2.50 bits per heavy atom. The summed E-state index contributed by atoms with van der Waals surface area (Å²) in [6.07, 6.45) is 0.545. The Labute approximate surface area is 83.6 Å². The molecule has 2 rings (SSSR count). The second kappa shape index (κ2) is 3.38. The van der Waals surface area contributed by atoms with Crippen molar-refractivity contribution in [3.63, 3.8) is 0 Å². The zero-order chi connectivity index (χ0) is 10.2. The molecule has 3 heteroatoms. The minimum atomic E-state index is -2.51. The molecular weight excluding hydrogens is 195 g/mol. The number of aliphatic hydroxyl groups is 1. The smallest absolute Gasteiger partial charge is 0.141 e. The van der Waals surface area contributed by atoms with Crippen molar-refractivity contribution in [2.45, 2.75) is 12.5 Å². The minimum absolute atomic E-state index is 0.517. The van der Waals surface area contributed by atoms with Crippen LogP contribution >= 0.6 is 7.14 Å². The van der Waals surface area contributed by atoms with Crippen molar-refractivity contribution >= 4 is 12.4 Å². The Morgan fingerprint density at radius 2 is 2.00 bits per heavy atom. The third-order valence-electron chi connectivity index (χ3n) is 2.74. The number of hydrogen-bond acceptors (Lipinski definition) is 2. The SMILES string of the molecule is C=C1C(O)CC[P@@]1(=O)c1ccccc1. The number of rotatable bonds is 1. The highest BCUT2D eigenvalue weighted by atomic mass is 31.2. The van der Waals surface area contributed by atoms with E-state index >= 15 is 0 Å². The molecule has 1 saturated heterocycles. The van der Waals surface area contributed by atoms with Gasteiger partial charge in [-0.3, -0.25) is 0 Å². The molecule has 1 heterocycles. The highest BCUT2D eigenvalue weighted by Crippen LogP contribution is 2.59. The van der Waals surface area contributed by atoms with Gasteiger partial charge in [0, 0.05) is 16.8 Å². The van der Waals surface area contributed by atoms with E-state index in [4.69, 9.17) is 0 Å². The van der Waals surface area contributed by atoms with Crippen molar-refractivity contribution in [2.75, 3.05) is 6.16 Å². The van der Waals surface area contributed by atoms with Crippen LogP contribution in [0.3, 0.4) is 0 Å². The van der Waals surface area contributed by atoms with Crippen LogP contribution in [-0.2, 0) is 4.57 Å². The van der Waals surface area contributed by atoms with Gasteiger partial charge in [0.15, 0.2) is 0 Å². The Balaban J connectivity index is 2.45. The van der Waals surface area contributed by atoms with Crippen LogP contribution in [0.5, 0.6) is 0 Å². The van der Waals surface area contributed by atoms with E-state index in [9.17, 15) is 9.67 Å². The topological polar surface area (TPSA) is 37.3 Å². The van der Waals surface area contributed by atoms with Gasteiger partial charge in [0.1, 0.15) is 7.14 Å². The maximum Gasteiger partial charge on any atom is 0.141 e. The average molecular weight is 208 g/mol. The summed E-state index contributed by atoms with van der Waals surface area (Å²) in [6, 6.07) is 9.33. The summed E-state index contributed by atoms with van der Waals surface area (Å²) in [7, 11) is -2.51. The third-order valence-corrected chi connectivity index (χ3v) is 5.99. The third kappa shape index (κ3) is 1.35. The van der Waals surface area contributed by atoms with Crippen LogP contribution in [-0.4, -0.2) is 17.4 Å². The Hall–Kier alpha value is -0.850. The Morgan fingerprint density at radius 1 is 1.36 bits per heavy atom. The largest absolute Gasteiger partial charge is 0.388 e. The summed E-state index contributed by atoms with van der Waals surface area (Å²) in [6.45, 7) is 3.75. The Bertz CT molecular complexity index is 397. The van der Waals surface area contributed by atoms with Gasteiger partial charge >= 0.3 is 0 Å². The lowest BCUT2D eigenvalue weighted by Gasteiger charge is -2.13. The minimum Gasteiger partial charge on any atom is -0.388 e. The van der Waals surface area contributed by atoms with Crippen molar-refractivity contribution in [2.24, 2.45) is 0 Å². The van der Waals surface area contributed by atoms with E-state index in [1.54, 1.807) is 0 Å². The molecular formula is C11H13O2P. The lowest BCUT2D eigenvalue weighted by atomic mass is 10.3. The van der Waals surface area contributed by atoms with Crippen LogP contribution in [0.1, 0.15) is 6.42 Å². The fourth-order valence-corrected chi connectivity index (χ4v) is 4.57. The molecule has 1 N–H and O–H groups in total. The van der Waals surface area contributed by atoms with E-state index < -0.39 is 13.2 Å². The molecule has 0 aromatic heterocycles. The first kappa shape index (κ1) is 9.70. The zero-order valence-corrected chi connectivity index (χ0v) is 8.78. The van der Waals surface area contributed by atoms with E-state index in [1.807, 2.05) is 30.3 Å². The van der Waals surface area contributed by atoms with Gasteiger partial charge in [0.05, 0.1) is 6.10 Å². The molecule has 1 aromatic rings. The number of benzene rings is 1. The quantitative estimate of drug-likeness (QED) is 0.716. The molecule has 1 fully saturated rings. The summed E-state index contributed by atoms with van der Waals surface area (Å²) < 4.78 is 12.5. The number of hydrogen-bond donors (Lipinski definition) is 1. The number of aliphatic hydroxyl groups excluding tert-OH is 1. The molecule has 0 saturated carbocycles. The van der Waals surface area contributed by atoms with Gasteiger partial charge in [-0.2, -0.15) is 0 Å². The highest BCUT2D eigenvalue weighted by molar-refractivity contribution is 7.75. The summed E-state index contributed by atoms with van der Waals surface area (Å²) in [4.78, 5) is 0. The fraction of sp³-hybridized carbons (Fsp3) is 0.273. The van der Waals surface area contributed by atoms with Gasteiger partial charge in [0.2, 0.25) is 0 Å².